The van der Waals surface area contributed by atoms with Gasteiger partial charge >= 0.3 is 0 Å². The van der Waals surface area contributed by atoms with E-state index in [-0.39, 0.29) is 21.2 Å². The van der Waals surface area contributed by atoms with E-state index < -0.39 is 10.0 Å². The summed E-state index contributed by atoms with van der Waals surface area (Å²) >= 11 is 11.9. The maximum atomic E-state index is 12.5. The van der Waals surface area contributed by atoms with Gasteiger partial charge in [0.15, 0.2) is 5.82 Å². The Balaban J connectivity index is 2.36. The number of nitrogens with zero attached hydrogens (tertiary/aromatic N) is 1. The van der Waals surface area contributed by atoms with E-state index in [1.807, 2.05) is 20.8 Å². The highest BCUT2D eigenvalue weighted by molar-refractivity contribution is 7.92. The number of benzene rings is 1. The zero-order chi connectivity index (χ0) is 16.7. The van der Waals surface area contributed by atoms with Crippen molar-refractivity contribution in [1.82, 2.24) is 10.2 Å². The third kappa shape index (κ3) is 3.56. The number of anilines is 1. The lowest BCUT2D eigenvalue weighted by molar-refractivity contribution is 0.567. The van der Waals surface area contributed by atoms with Crippen LogP contribution in [0.1, 0.15) is 32.0 Å². The monoisotopic (exact) mass is 361 g/mol. The van der Waals surface area contributed by atoms with E-state index in [2.05, 4.69) is 14.9 Å². The van der Waals surface area contributed by atoms with Crippen LogP contribution in [0.5, 0.6) is 0 Å². The topological polar surface area (TPSA) is 74.8 Å². The van der Waals surface area contributed by atoms with E-state index in [4.69, 9.17) is 23.2 Å². The number of rotatable bonds is 3. The van der Waals surface area contributed by atoms with Gasteiger partial charge in [-0.3, -0.25) is 9.82 Å². The predicted molar refractivity (Wildman–Crippen MR) is 89.3 cm³/mol. The van der Waals surface area contributed by atoms with E-state index in [1.165, 1.54) is 12.1 Å². The number of hydrogen-bond donors (Lipinski definition) is 2. The third-order valence-electron chi connectivity index (χ3n) is 3.13. The molecule has 0 aliphatic carbocycles. The molecule has 2 N–H and O–H groups in total. The Bertz CT molecular complexity index is 808. The lowest BCUT2D eigenvalue weighted by atomic mass is 9.92. The fourth-order valence-corrected chi connectivity index (χ4v) is 3.61. The first-order valence-corrected chi connectivity index (χ1v) is 8.79. The molecule has 1 heterocycles. The first kappa shape index (κ1) is 17.1. The lowest BCUT2D eigenvalue weighted by Crippen LogP contribution is -2.14. The largest absolute Gasteiger partial charge is 0.280 e. The van der Waals surface area contributed by atoms with Gasteiger partial charge in [0.05, 0.1) is 5.02 Å². The van der Waals surface area contributed by atoms with E-state index in [1.54, 1.807) is 13.0 Å². The number of nitrogens with one attached hydrogen (secondary N) is 2. The SMILES string of the molecule is Cc1cc(S(=O)(=O)Nc2cc(C(C)(C)C)[nH]n2)c(Cl)cc1Cl. The van der Waals surface area contributed by atoms with E-state index in [9.17, 15) is 8.42 Å². The highest BCUT2D eigenvalue weighted by atomic mass is 35.5. The van der Waals surface area contributed by atoms with Crippen LogP contribution in [0.15, 0.2) is 23.1 Å². The molecule has 0 aliphatic heterocycles. The lowest BCUT2D eigenvalue weighted by Gasteiger charge is -2.14. The maximum Gasteiger partial charge on any atom is 0.264 e. The van der Waals surface area contributed by atoms with Crippen molar-refractivity contribution < 1.29 is 8.42 Å². The maximum absolute atomic E-state index is 12.5. The van der Waals surface area contributed by atoms with Crippen molar-refractivity contribution in [3.05, 3.63) is 39.5 Å². The second-order valence-corrected chi connectivity index (χ2v) is 8.52. The van der Waals surface area contributed by atoms with Crippen LogP contribution in [-0.2, 0) is 15.4 Å². The fourth-order valence-electron chi connectivity index (χ4n) is 1.79. The minimum atomic E-state index is -3.84. The summed E-state index contributed by atoms with van der Waals surface area (Å²) in [4.78, 5) is -0.0311. The van der Waals surface area contributed by atoms with Crippen LogP contribution in [0.4, 0.5) is 5.82 Å². The molecule has 1 aromatic heterocycles. The van der Waals surface area contributed by atoms with Crippen LogP contribution in [0.2, 0.25) is 10.0 Å². The number of H-pyrrole nitrogens is 1. The molecule has 120 valence electrons. The fraction of sp³-hybridized carbons (Fsp3) is 0.357. The first-order chi connectivity index (χ1) is 10.0. The molecule has 2 aromatic rings. The van der Waals surface area contributed by atoms with Gasteiger partial charge in [0, 0.05) is 22.2 Å². The molecule has 1 aromatic carbocycles. The molecule has 0 spiro atoms. The van der Waals surface area contributed by atoms with E-state index >= 15 is 0 Å². The number of aryl methyl sites for hydroxylation is 1. The molecule has 0 radical (unpaired) electrons. The Morgan fingerprint density at radius 3 is 2.32 bits per heavy atom. The molecule has 22 heavy (non-hydrogen) atoms. The molecule has 0 saturated heterocycles. The standard InChI is InChI=1S/C14H17Cl2N3O2S/c1-8-5-11(10(16)6-9(8)15)22(20,21)19-13-7-12(17-18-13)14(2,3)4/h5-7H,1-4H3,(H2,17,18,19). The molecule has 0 atom stereocenters. The van der Waals surface area contributed by atoms with Crippen molar-refractivity contribution >= 4 is 39.0 Å². The van der Waals surface area contributed by atoms with E-state index in [0.717, 1.165) is 5.69 Å². The Labute approximate surface area is 140 Å². The smallest absolute Gasteiger partial charge is 0.264 e. The molecule has 2 rings (SSSR count). The predicted octanol–water partition coefficient (Wildman–Crippen LogP) is 4.12. The van der Waals surface area contributed by atoms with E-state index in [0.29, 0.717) is 10.6 Å². The molecule has 0 unspecified atom stereocenters. The summed E-state index contributed by atoms with van der Waals surface area (Å²) in [6.07, 6.45) is 0. The summed E-state index contributed by atoms with van der Waals surface area (Å²) in [6, 6.07) is 4.51. The quantitative estimate of drug-likeness (QED) is 0.862. The van der Waals surface area contributed by atoms with Crippen LogP contribution in [0.3, 0.4) is 0 Å². The molecule has 8 heteroatoms. The van der Waals surface area contributed by atoms with Crippen molar-refractivity contribution in [1.29, 1.82) is 0 Å². The Morgan fingerprint density at radius 1 is 1.14 bits per heavy atom. The summed E-state index contributed by atoms with van der Waals surface area (Å²) in [5, 5.41) is 7.28. The van der Waals surface area contributed by atoms with Crippen LogP contribution in [0, 0.1) is 6.92 Å². The zero-order valence-electron chi connectivity index (χ0n) is 12.7. The zero-order valence-corrected chi connectivity index (χ0v) is 15.0. The van der Waals surface area contributed by atoms with Crippen LogP contribution in [0.25, 0.3) is 0 Å². The van der Waals surface area contributed by atoms with Gasteiger partial charge < -0.3 is 0 Å². The number of aromatic nitrogens is 2. The van der Waals surface area contributed by atoms with Gasteiger partial charge in [-0.1, -0.05) is 44.0 Å². The van der Waals surface area contributed by atoms with Crippen LogP contribution < -0.4 is 4.72 Å². The average Bonchev–Trinajstić information content (AvgIpc) is 2.81. The molecule has 0 bridgehead atoms. The van der Waals surface area contributed by atoms with Gasteiger partial charge in [0.25, 0.3) is 10.0 Å². The summed E-state index contributed by atoms with van der Waals surface area (Å²) in [5.74, 6) is 0.216. The second kappa shape index (κ2) is 5.76. The van der Waals surface area contributed by atoms with Gasteiger partial charge in [-0.15, -0.1) is 0 Å². The van der Waals surface area contributed by atoms with Gasteiger partial charge in [-0.25, -0.2) is 8.42 Å². The minimum absolute atomic E-state index is 0.0311. The van der Waals surface area contributed by atoms with Gasteiger partial charge in [0.1, 0.15) is 4.90 Å². The number of aromatic amines is 1. The van der Waals surface area contributed by atoms with Crippen molar-refractivity contribution in [2.24, 2.45) is 0 Å². The summed E-state index contributed by atoms with van der Waals surface area (Å²) < 4.78 is 27.3. The molecular formula is C14H17Cl2N3O2S. The Kier molecular flexibility index (Phi) is 4.48. The van der Waals surface area contributed by atoms with Gasteiger partial charge in [-0.2, -0.15) is 5.10 Å². The van der Waals surface area contributed by atoms with Gasteiger partial charge in [-0.05, 0) is 24.6 Å². The number of sulfonamides is 1. The molecular weight excluding hydrogens is 345 g/mol. The Hall–Kier alpha value is -1.24. The van der Waals surface area contributed by atoms with Crippen molar-refractivity contribution in [3.63, 3.8) is 0 Å². The van der Waals surface area contributed by atoms with Crippen molar-refractivity contribution in [3.8, 4) is 0 Å². The first-order valence-electron chi connectivity index (χ1n) is 6.55. The third-order valence-corrected chi connectivity index (χ3v) is 5.35. The summed E-state index contributed by atoms with van der Waals surface area (Å²) in [6.45, 7) is 7.71. The molecule has 5 nitrogen and oxygen atoms in total. The Morgan fingerprint density at radius 2 is 1.77 bits per heavy atom. The second-order valence-electron chi connectivity index (χ2n) is 6.05. The molecule has 0 fully saturated rings. The molecule has 0 saturated carbocycles. The summed E-state index contributed by atoms with van der Waals surface area (Å²) in [7, 11) is -3.84. The van der Waals surface area contributed by atoms with Crippen molar-refractivity contribution in [2.45, 2.75) is 38.0 Å². The number of hydrogen-bond acceptors (Lipinski definition) is 3. The highest BCUT2D eigenvalue weighted by Crippen LogP contribution is 2.30. The number of halogens is 2. The normalized spacial score (nSPS) is 12.5. The van der Waals surface area contributed by atoms with Crippen LogP contribution >= 0.6 is 23.2 Å². The summed E-state index contributed by atoms with van der Waals surface area (Å²) in [5.41, 5.74) is 1.29. The van der Waals surface area contributed by atoms with Crippen molar-refractivity contribution in [2.75, 3.05) is 4.72 Å². The van der Waals surface area contributed by atoms with Crippen LogP contribution in [-0.4, -0.2) is 18.6 Å². The van der Waals surface area contributed by atoms with Gasteiger partial charge in [0.2, 0.25) is 0 Å². The minimum Gasteiger partial charge on any atom is -0.280 e. The molecule has 0 aliphatic rings. The molecule has 0 amide bonds. The highest BCUT2D eigenvalue weighted by Gasteiger charge is 2.22. The average molecular weight is 362 g/mol.